The molecular formula is C14H19BrF2N2O2Si. The van der Waals surface area contributed by atoms with E-state index in [9.17, 15) is 8.78 Å². The van der Waals surface area contributed by atoms with E-state index < -0.39 is 14.7 Å². The Balaban J connectivity index is 2.04. The minimum Gasteiger partial charge on any atom is -0.434 e. The maximum absolute atomic E-state index is 12.3. The van der Waals surface area contributed by atoms with E-state index >= 15 is 0 Å². The van der Waals surface area contributed by atoms with Gasteiger partial charge in [0.1, 0.15) is 12.5 Å². The number of nitrogens with zero attached hydrogens (tertiary/aromatic N) is 2. The molecule has 0 saturated heterocycles. The quantitative estimate of drug-likeness (QED) is 0.505. The van der Waals surface area contributed by atoms with E-state index in [0.717, 1.165) is 11.4 Å². The molecule has 4 nitrogen and oxygen atoms in total. The van der Waals surface area contributed by atoms with Gasteiger partial charge in [0, 0.05) is 32.3 Å². The Morgan fingerprint density at radius 1 is 1.32 bits per heavy atom. The summed E-state index contributed by atoms with van der Waals surface area (Å²) in [7, 11) is -1.11. The third-order valence-electron chi connectivity index (χ3n) is 3.04. The molecule has 2 rings (SSSR count). The summed E-state index contributed by atoms with van der Waals surface area (Å²) in [6, 6.07) is 4.29. The highest BCUT2D eigenvalue weighted by Crippen LogP contribution is 2.31. The molecule has 1 aromatic carbocycles. The van der Waals surface area contributed by atoms with Gasteiger partial charge < -0.3 is 9.47 Å². The Bertz CT molecular complexity index is 644. The number of aromatic nitrogens is 2. The van der Waals surface area contributed by atoms with Crippen LogP contribution >= 0.6 is 15.9 Å². The fourth-order valence-corrected chi connectivity index (χ4v) is 3.08. The van der Waals surface area contributed by atoms with E-state index in [1.54, 1.807) is 10.7 Å². The number of alkyl halides is 2. The van der Waals surface area contributed by atoms with Crippen LogP contribution in [0.4, 0.5) is 8.78 Å². The van der Waals surface area contributed by atoms with E-state index in [2.05, 4.69) is 45.4 Å². The zero-order valence-corrected chi connectivity index (χ0v) is 15.4. The first-order chi connectivity index (χ1) is 10.2. The van der Waals surface area contributed by atoms with Crippen molar-refractivity contribution in [1.29, 1.82) is 0 Å². The van der Waals surface area contributed by atoms with Crippen molar-refractivity contribution in [3.8, 4) is 5.75 Å². The van der Waals surface area contributed by atoms with E-state index in [0.29, 0.717) is 23.3 Å². The molecule has 0 aliphatic carbocycles. The first-order valence-electron chi connectivity index (χ1n) is 6.94. The predicted octanol–water partition coefficient (Wildman–Crippen LogP) is 4.71. The summed E-state index contributed by atoms with van der Waals surface area (Å²) >= 11 is 3.22. The van der Waals surface area contributed by atoms with Crippen molar-refractivity contribution in [2.75, 3.05) is 6.61 Å². The van der Waals surface area contributed by atoms with E-state index in [-0.39, 0.29) is 5.75 Å². The van der Waals surface area contributed by atoms with Gasteiger partial charge in [-0.25, -0.2) is 4.68 Å². The first kappa shape index (κ1) is 17.4. The molecule has 0 fully saturated rings. The van der Waals surface area contributed by atoms with Gasteiger partial charge in [-0.1, -0.05) is 19.6 Å². The van der Waals surface area contributed by atoms with Gasteiger partial charge in [-0.3, -0.25) is 0 Å². The number of fused-ring (bicyclic) bond motifs is 1. The molecule has 1 aromatic heterocycles. The number of hydrogen-bond donors (Lipinski definition) is 0. The third-order valence-corrected chi connectivity index (χ3v) is 5.37. The summed E-state index contributed by atoms with van der Waals surface area (Å²) in [5.41, 5.74) is 0.590. The zero-order chi connectivity index (χ0) is 16.3. The smallest absolute Gasteiger partial charge is 0.387 e. The minimum atomic E-state index is -2.86. The Morgan fingerprint density at radius 2 is 2.05 bits per heavy atom. The lowest BCUT2D eigenvalue weighted by molar-refractivity contribution is -0.0502. The van der Waals surface area contributed by atoms with Gasteiger partial charge >= 0.3 is 6.61 Å². The largest absolute Gasteiger partial charge is 0.434 e. The molecule has 0 bridgehead atoms. The average molecular weight is 393 g/mol. The molecule has 22 heavy (non-hydrogen) atoms. The highest BCUT2D eigenvalue weighted by Gasteiger charge is 2.13. The molecule has 0 radical (unpaired) electrons. The lowest BCUT2D eigenvalue weighted by Gasteiger charge is -2.15. The number of hydrogen-bond acceptors (Lipinski definition) is 3. The predicted molar refractivity (Wildman–Crippen MR) is 88.2 cm³/mol. The van der Waals surface area contributed by atoms with Gasteiger partial charge in [-0.2, -0.15) is 13.9 Å². The van der Waals surface area contributed by atoms with Crippen LogP contribution in [0.5, 0.6) is 5.75 Å². The van der Waals surface area contributed by atoms with Crippen LogP contribution in [0, 0.1) is 0 Å². The minimum absolute atomic E-state index is 0.0763. The fraction of sp³-hybridized carbons (Fsp3) is 0.500. The molecule has 8 heteroatoms. The van der Waals surface area contributed by atoms with Gasteiger partial charge in [0.25, 0.3) is 0 Å². The standard InChI is InChI=1S/C14H19BrF2N2O2Si/c1-22(2,3)5-4-20-9-19-8-10-6-11(15)13(21-14(16)17)7-12(10)18-19/h6-8,14H,4-5,9H2,1-3H3. The van der Waals surface area contributed by atoms with Crippen LogP contribution in [0.25, 0.3) is 10.9 Å². The zero-order valence-electron chi connectivity index (χ0n) is 12.8. The van der Waals surface area contributed by atoms with Crippen molar-refractivity contribution in [2.45, 2.75) is 39.0 Å². The van der Waals surface area contributed by atoms with Gasteiger partial charge in [0.05, 0.1) is 9.99 Å². The van der Waals surface area contributed by atoms with E-state index in [1.807, 2.05) is 6.20 Å². The fourth-order valence-electron chi connectivity index (χ4n) is 1.86. The van der Waals surface area contributed by atoms with Crippen LogP contribution in [0.3, 0.4) is 0 Å². The summed E-state index contributed by atoms with van der Waals surface area (Å²) in [5.74, 6) is 0.0763. The van der Waals surface area contributed by atoms with E-state index in [1.165, 1.54) is 6.07 Å². The van der Waals surface area contributed by atoms with Gasteiger partial charge in [-0.15, -0.1) is 0 Å². The molecule has 0 N–H and O–H groups in total. The van der Waals surface area contributed by atoms with Gasteiger partial charge in [-0.05, 0) is 28.0 Å². The molecule has 0 aliphatic heterocycles. The second-order valence-electron chi connectivity index (χ2n) is 6.24. The van der Waals surface area contributed by atoms with Crippen molar-refractivity contribution in [2.24, 2.45) is 0 Å². The average Bonchev–Trinajstić information content (AvgIpc) is 2.75. The summed E-state index contributed by atoms with van der Waals surface area (Å²) in [5, 5.41) is 5.15. The van der Waals surface area contributed by atoms with Crippen molar-refractivity contribution in [1.82, 2.24) is 9.78 Å². The number of halogens is 3. The van der Waals surface area contributed by atoms with Crippen LogP contribution in [-0.4, -0.2) is 31.1 Å². The monoisotopic (exact) mass is 392 g/mol. The van der Waals surface area contributed by atoms with Crippen molar-refractivity contribution < 1.29 is 18.3 Å². The van der Waals surface area contributed by atoms with Crippen LogP contribution in [0.15, 0.2) is 22.8 Å². The van der Waals surface area contributed by atoms with Crippen LogP contribution in [0.2, 0.25) is 25.7 Å². The summed E-state index contributed by atoms with van der Waals surface area (Å²) < 4.78 is 36.8. The number of benzene rings is 1. The third kappa shape index (κ3) is 5.03. The SMILES string of the molecule is C[Si](C)(C)CCOCn1cc2cc(Br)c(OC(F)F)cc2n1. The molecule has 122 valence electrons. The Kier molecular flexibility index (Phi) is 5.57. The van der Waals surface area contributed by atoms with Crippen LogP contribution < -0.4 is 4.74 Å². The molecular weight excluding hydrogens is 374 g/mol. The highest BCUT2D eigenvalue weighted by atomic mass is 79.9. The van der Waals surface area contributed by atoms with Crippen molar-refractivity contribution in [3.05, 3.63) is 22.8 Å². The maximum Gasteiger partial charge on any atom is 0.387 e. The molecule has 2 aromatic rings. The lowest BCUT2D eigenvalue weighted by Crippen LogP contribution is -2.22. The van der Waals surface area contributed by atoms with E-state index in [4.69, 9.17) is 4.74 Å². The molecule has 0 amide bonds. The summed E-state index contributed by atoms with van der Waals surface area (Å²) in [6.45, 7) is 5.07. The molecule has 0 saturated carbocycles. The number of ether oxygens (including phenoxy) is 2. The van der Waals surface area contributed by atoms with Crippen molar-refractivity contribution in [3.63, 3.8) is 0 Å². The van der Waals surface area contributed by atoms with Crippen molar-refractivity contribution >= 4 is 34.9 Å². The lowest BCUT2D eigenvalue weighted by atomic mass is 10.2. The topological polar surface area (TPSA) is 36.3 Å². The Hall–Kier alpha value is -0.993. The van der Waals surface area contributed by atoms with Gasteiger partial charge in [0.2, 0.25) is 0 Å². The number of rotatable bonds is 7. The molecule has 0 unspecified atom stereocenters. The Labute approximate surface area is 137 Å². The summed E-state index contributed by atoms with van der Waals surface area (Å²) in [4.78, 5) is 0. The van der Waals surface area contributed by atoms with Crippen LogP contribution in [-0.2, 0) is 11.5 Å². The van der Waals surface area contributed by atoms with Gasteiger partial charge in [0.15, 0.2) is 0 Å². The molecule has 0 spiro atoms. The highest BCUT2D eigenvalue weighted by molar-refractivity contribution is 9.10. The molecule has 0 aliphatic rings. The summed E-state index contributed by atoms with van der Waals surface area (Å²) in [6.07, 6.45) is 1.82. The molecule has 1 heterocycles. The van der Waals surface area contributed by atoms with Crippen LogP contribution in [0.1, 0.15) is 0 Å². The molecule has 0 atom stereocenters. The second-order valence-corrected chi connectivity index (χ2v) is 12.7. The maximum atomic E-state index is 12.3. The first-order valence-corrected chi connectivity index (χ1v) is 11.4. The normalized spacial score (nSPS) is 12.3. The Morgan fingerprint density at radius 3 is 2.68 bits per heavy atom. The second kappa shape index (κ2) is 7.06.